The van der Waals surface area contributed by atoms with Gasteiger partial charge in [0.1, 0.15) is 5.82 Å². The Labute approximate surface area is 169 Å². The number of aromatic amines is 1. The number of hydrogen-bond acceptors (Lipinski definition) is 8. The third-order valence-electron chi connectivity index (χ3n) is 4.89. The minimum absolute atomic E-state index is 0.0377. The normalized spacial score (nSPS) is 18.3. The largest absolute Gasteiger partial charge is 0.378 e. The van der Waals surface area contributed by atoms with Crippen LogP contribution in [0.15, 0.2) is 29.1 Å². The molecule has 12 heteroatoms. The molecule has 0 aliphatic carbocycles. The Morgan fingerprint density at radius 1 is 1.30 bits per heavy atom. The maximum absolute atomic E-state index is 12.8. The number of amides is 2. The Balaban J connectivity index is 1.63. The van der Waals surface area contributed by atoms with E-state index in [1.165, 1.54) is 24.3 Å². The summed E-state index contributed by atoms with van der Waals surface area (Å²) < 4.78 is 5.28. The SMILES string of the molecule is O=C1C[C@@H](C(=O)Nc2cccc([N+](=O)[O-])c2)c2c(nc(N3CCOCC3)[nH]c2=O)N1. The molecule has 2 amide bonds. The fourth-order valence-corrected chi connectivity index (χ4v) is 3.43. The molecule has 30 heavy (non-hydrogen) atoms. The summed E-state index contributed by atoms with van der Waals surface area (Å²) in [5.41, 5.74) is -0.476. The number of morpholine rings is 1. The summed E-state index contributed by atoms with van der Waals surface area (Å²) in [5, 5.41) is 16.0. The first-order valence-electron chi connectivity index (χ1n) is 9.24. The van der Waals surface area contributed by atoms with E-state index in [0.717, 1.165) is 0 Å². The molecule has 12 nitrogen and oxygen atoms in total. The van der Waals surface area contributed by atoms with Gasteiger partial charge in [0.15, 0.2) is 0 Å². The van der Waals surface area contributed by atoms with Crippen molar-refractivity contribution < 1.29 is 19.2 Å². The molecule has 0 saturated carbocycles. The molecule has 156 valence electrons. The van der Waals surface area contributed by atoms with E-state index in [1.807, 2.05) is 4.90 Å². The molecule has 1 saturated heterocycles. The number of hydrogen-bond donors (Lipinski definition) is 3. The number of ether oxygens (including phenoxy) is 1. The first-order valence-corrected chi connectivity index (χ1v) is 9.24. The fraction of sp³-hybridized carbons (Fsp3) is 0.333. The van der Waals surface area contributed by atoms with Crippen molar-refractivity contribution in [1.82, 2.24) is 9.97 Å². The van der Waals surface area contributed by atoms with Gasteiger partial charge >= 0.3 is 0 Å². The number of non-ortho nitro benzene ring substituents is 1. The Bertz CT molecular complexity index is 1080. The summed E-state index contributed by atoms with van der Waals surface area (Å²) in [6.07, 6.45) is -0.241. The summed E-state index contributed by atoms with van der Waals surface area (Å²) in [5.74, 6) is -1.83. The minimum Gasteiger partial charge on any atom is -0.378 e. The molecule has 2 aliphatic heterocycles. The highest BCUT2D eigenvalue weighted by Gasteiger charge is 2.35. The third-order valence-corrected chi connectivity index (χ3v) is 4.89. The lowest BCUT2D eigenvalue weighted by Gasteiger charge is -2.29. The fourth-order valence-electron chi connectivity index (χ4n) is 3.43. The molecule has 0 bridgehead atoms. The average molecular weight is 414 g/mol. The van der Waals surface area contributed by atoms with Crippen molar-refractivity contribution in [1.29, 1.82) is 0 Å². The predicted octanol–water partition coefficient (Wildman–Crippen LogP) is 0.579. The van der Waals surface area contributed by atoms with Crippen LogP contribution in [-0.4, -0.2) is 53.0 Å². The molecule has 0 unspecified atom stereocenters. The van der Waals surface area contributed by atoms with E-state index < -0.39 is 28.2 Å². The van der Waals surface area contributed by atoms with Gasteiger partial charge in [-0.25, -0.2) is 0 Å². The van der Waals surface area contributed by atoms with Crippen molar-refractivity contribution in [2.24, 2.45) is 0 Å². The maximum Gasteiger partial charge on any atom is 0.271 e. The van der Waals surface area contributed by atoms with Crippen molar-refractivity contribution in [3.63, 3.8) is 0 Å². The molecular formula is C18H18N6O6. The van der Waals surface area contributed by atoms with Gasteiger partial charge in [-0.1, -0.05) is 6.07 Å². The molecule has 0 radical (unpaired) electrons. The van der Waals surface area contributed by atoms with Gasteiger partial charge in [-0.05, 0) is 6.07 Å². The van der Waals surface area contributed by atoms with Gasteiger partial charge in [-0.3, -0.25) is 29.5 Å². The van der Waals surface area contributed by atoms with E-state index in [9.17, 15) is 24.5 Å². The molecule has 3 heterocycles. The minimum atomic E-state index is -1.08. The van der Waals surface area contributed by atoms with Crippen LogP contribution >= 0.6 is 0 Å². The number of fused-ring (bicyclic) bond motifs is 1. The van der Waals surface area contributed by atoms with E-state index in [4.69, 9.17) is 4.74 Å². The highest BCUT2D eigenvalue weighted by Crippen LogP contribution is 2.30. The van der Waals surface area contributed by atoms with Gasteiger partial charge < -0.3 is 20.3 Å². The average Bonchev–Trinajstić information content (AvgIpc) is 2.73. The van der Waals surface area contributed by atoms with Gasteiger partial charge in [-0.15, -0.1) is 0 Å². The number of H-pyrrole nitrogens is 1. The Morgan fingerprint density at radius 2 is 2.07 bits per heavy atom. The zero-order valence-corrected chi connectivity index (χ0v) is 15.7. The molecule has 1 aromatic carbocycles. The van der Waals surface area contributed by atoms with Crippen LogP contribution in [0.3, 0.4) is 0 Å². The number of nitrogens with one attached hydrogen (secondary N) is 3. The Morgan fingerprint density at radius 3 is 2.80 bits per heavy atom. The number of anilines is 3. The summed E-state index contributed by atoms with van der Waals surface area (Å²) >= 11 is 0. The summed E-state index contributed by atoms with van der Waals surface area (Å²) in [6.45, 7) is 2.04. The summed E-state index contributed by atoms with van der Waals surface area (Å²) in [4.78, 5) is 57.0. The highest BCUT2D eigenvalue weighted by molar-refractivity contribution is 6.04. The van der Waals surface area contributed by atoms with Crippen molar-refractivity contribution in [2.45, 2.75) is 12.3 Å². The topological polar surface area (TPSA) is 160 Å². The first-order chi connectivity index (χ1) is 14.4. The predicted molar refractivity (Wildman–Crippen MR) is 106 cm³/mol. The van der Waals surface area contributed by atoms with Gasteiger partial charge in [0, 0.05) is 37.3 Å². The van der Waals surface area contributed by atoms with Crippen LogP contribution in [0.4, 0.5) is 23.1 Å². The van der Waals surface area contributed by atoms with E-state index >= 15 is 0 Å². The van der Waals surface area contributed by atoms with Crippen LogP contribution < -0.4 is 21.1 Å². The zero-order chi connectivity index (χ0) is 21.3. The van der Waals surface area contributed by atoms with Gasteiger partial charge in [0.2, 0.25) is 17.8 Å². The highest BCUT2D eigenvalue weighted by atomic mass is 16.6. The monoisotopic (exact) mass is 414 g/mol. The van der Waals surface area contributed by atoms with Crippen LogP contribution in [0.1, 0.15) is 17.9 Å². The van der Waals surface area contributed by atoms with Crippen LogP contribution in [0, 0.1) is 10.1 Å². The lowest BCUT2D eigenvalue weighted by atomic mass is 9.92. The lowest BCUT2D eigenvalue weighted by Crippen LogP contribution is -2.41. The number of nitro benzene ring substituents is 1. The number of nitrogens with zero attached hydrogens (tertiary/aromatic N) is 3. The number of aromatic nitrogens is 2. The number of carbonyl (C=O) groups excluding carboxylic acids is 2. The maximum atomic E-state index is 12.8. The number of nitro groups is 1. The summed E-state index contributed by atoms with van der Waals surface area (Å²) in [7, 11) is 0. The smallest absolute Gasteiger partial charge is 0.271 e. The molecular weight excluding hydrogens is 396 g/mol. The quantitative estimate of drug-likeness (QED) is 0.484. The molecule has 2 aliphatic rings. The number of carbonyl (C=O) groups is 2. The van der Waals surface area contributed by atoms with Crippen molar-refractivity contribution >= 4 is 35.0 Å². The molecule has 3 N–H and O–H groups in total. The molecule has 1 fully saturated rings. The van der Waals surface area contributed by atoms with Crippen LogP contribution in [-0.2, 0) is 14.3 Å². The molecule has 4 rings (SSSR count). The van der Waals surface area contributed by atoms with Gasteiger partial charge in [-0.2, -0.15) is 4.98 Å². The van der Waals surface area contributed by atoms with Crippen molar-refractivity contribution in [3.8, 4) is 0 Å². The van der Waals surface area contributed by atoms with E-state index in [-0.39, 0.29) is 29.2 Å². The third kappa shape index (κ3) is 3.85. The molecule has 0 spiro atoms. The van der Waals surface area contributed by atoms with Crippen LogP contribution in [0.5, 0.6) is 0 Å². The zero-order valence-electron chi connectivity index (χ0n) is 15.7. The summed E-state index contributed by atoms with van der Waals surface area (Å²) in [6, 6.07) is 5.41. The Kier molecular flexibility index (Phi) is 5.14. The number of rotatable bonds is 4. The number of benzene rings is 1. The molecule has 1 aromatic heterocycles. The second-order valence-corrected chi connectivity index (χ2v) is 6.85. The first kappa shape index (κ1) is 19.5. The second-order valence-electron chi connectivity index (χ2n) is 6.85. The standard InChI is InChI=1S/C18H18N6O6/c25-13-9-12(16(26)19-10-2-1-3-11(8-10)24(28)29)14-15(20-13)21-18(22-17(14)27)23-4-6-30-7-5-23/h1-3,8,12H,4-7,9H2,(H,19,26)(H2,20,21,22,25,27)/t12-/m1/s1. The van der Waals surface area contributed by atoms with Crippen molar-refractivity contribution in [3.05, 3.63) is 50.3 Å². The molecule has 1 atom stereocenters. The molecule has 2 aromatic rings. The van der Waals surface area contributed by atoms with Gasteiger partial charge in [0.05, 0.1) is 29.6 Å². The van der Waals surface area contributed by atoms with Crippen LogP contribution in [0.2, 0.25) is 0 Å². The lowest BCUT2D eigenvalue weighted by molar-refractivity contribution is -0.384. The Hall–Kier alpha value is -3.80. The van der Waals surface area contributed by atoms with Crippen LogP contribution in [0.25, 0.3) is 0 Å². The second kappa shape index (κ2) is 7.91. The van der Waals surface area contributed by atoms with E-state index in [1.54, 1.807) is 0 Å². The van der Waals surface area contributed by atoms with Gasteiger partial charge in [0.25, 0.3) is 11.2 Å². The van der Waals surface area contributed by atoms with E-state index in [2.05, 4.69) is 20.6 Å². The van der Waals surface area contributed by atoms with E-state index in [0.29, 0.717) is 32.3 Å². The van der Waals surface area contributed by atoms with Crippen molar-refractivity contribution in [2.75, 3.05) is 41.8 Å².